The van der Waals surface area contributed by atoms with E-state index >= 15 is 0 Å². The number of nitrogens with zero attached hydrogens (tertiary/aromatic N) is 1. The molecule has 2 aromatic carbocycles. The lowest BCUT2D eigenvalue weighted by Gasteiger charge is -2.16. The summed E-state index contributed by atoms with van der Waals surface area (Å²) in [4.78, 5) is 21.4. The van der Waals surface area contributed by atoms with Gasteiger partial charge in [0.25, 0.3) is 5.56 Å². The van der Waals surface area contributed by atoms with Gasteiger partial charge < -0.3 is 9.72 Å². The number of hydrogen-bond donors (Lipinski definition) is 1. The van der Waals surface area contributed by atoms with E-state index in [-0.39, 0.29) is 5.56 Å². The van der Waals surface area contributed by atoms with E-state index in [1.807, 2.05) is 24.3 Å². The molecule has 2 heterocycles. The molecule has 4 nitrogen and oxygen atoms in total. The first kappa shape index (κ1) is 21.3. The van der Waals surface area contributed by atoms with E-state index in [0.29, 0.717) is 17.1 Å². The molecule has 0 radical (unpaired) electrons. The molecule has 0 spiro atoms. The molecule has 6 heteroatoms. The second-order valence-electron chi connectivity index (χ2n) is 8.25. The Morgan fingerprint density at radius 3 is 2.75 bits per heavy atom. The van der Waals surface area contributed by atoms with Gasteiger partial charge in [-0.3, -0.25) is 4.79 Å². The zero-order chi connectivity index (χ0) is 21.9. The second kappa shape index (κ2) is 9.51. The highest BCUT2D eigenvalue weighted by Crippen LogP contribution is 2.34. The molecule has 0 fully saturated rings. The smallest absolute Gasteiger partial charge is 0.260 e. The summed E-state index contributed by atoms with van der Waals surface area (Å²) in [6.45, 7) is 2.71. The number of thiophene rings is 1. The molecule has 0 amide bonds. The van der Waals surface area contributed by atoms with Crippen molar-refractivity contribution in [1.82, 2.24) is 9.97 Å². The maximum Gasteiger partial charge on any atom is 0.260 e. The van der Waals surface area contributed by atoms with E-state index in [9.17, 15) is 4.79 Å². The van der Waals surface area contributed by atoms with Crippen LogP contribution in [0.15, 0.2) is 57.8 Å². The average molecular weight is 463 g/mol. The van der Waals surface area contributed by atoms with Gasteiger partial charge >= 0.3 is 0 Å². The fraction of sp³-hybridized carbons (Fsp3) is 0.308. The molecule has 0 atom stereocenters. The number of hydrogen-bond acceptors (Lipinski definition) is 5. The van der Waals surface area contributed by atoms with Crippen molar-refractivity contribution in [3.8, 4) is 16.9 Å². The number of ether oxygens (including phenoxy) is 1. The number of benzene rings is 2. The van der Waals surface area contributed by atoms with Crippen LogP contribution in [0.3, 0.4) is 0 Å². The number of H-pyrrole nitrogens is 1. The standard InChI is InChI=1S/C26H26N2O2S2/c1-17-7-11-21(12-8-17)30-13-4-14-31-26-27-24(29)23-22(16-32-25(23)28-26)20-10-9-18-5-2-3-6-19(18)15-20/h7-12,15-16H,2-6,13-14H2,1H3,(H,27,28,29). The van der Waals surface area contributed by atoms with Crippen molar-refractivity contribution >= 4 is 33.3 Å². The SMILES string of the molecule is Cc1ccc(OCCCSc2nc3scc(-c4ccc5c(c4)CCCC5)c3c(=O)[nH]2)cc1. The first-order valence-corrected chi connectivity index (χ1v) is 13.0. The molecule has 32 heavy (non-hydrogen) atoms. The fourth-order valence-electron chi connectivity index (χ4n) is 4.16. The van der Waals surface area contributed by atoms with Crippen molar-refractivity contribution in [3.63, 3.8) is 0 Å². The van der Waals surface area contributed by atoms with Gasteiger partial charge in [-0.05, 0) is 67.9 Å². The number of nitrogens with one attached hydrogen (secondary N) is 1. The highest BCUT2D eigenvalue weighted by atomic mass is 32.2. The monoisotopic (exact) mass is 462 g/mol. The lowest BCUT2D eigenvalue weighted by Crippen LogP contribution is -2.09. The van der Waals surface area contributed by atoms with Crippen LogP contribution >= 0.6 is 23.1 Å². The normalized spacial score (nSPS) is 13.3. The third-order valence-corrected chi connectivity index (χ3v) is 7.73. The van der Waals surface area contributed by atoms with Crippen molar-refractivity contribution in [1.29, 1.82) is 0 Å². The van der Waals surface area contributed by atoms with Crippen LogP contribution in [-0.2, 0) is 12.8 Å². The third kappa shape index (κ3) is 4.62. The van der Waals surface area contributed by atoms with Crippen molar-refractivity contribution in [2.24, 2.45) is 0 Å². The summed E-state index contributed by atoms with van der Waals surface area (Å²) in [5.74, 6) is 1.73. The zero-order valence-electron chi connectivity index (χ0n) is 18.1. The Kier molecular flexibility index (Phi) is 6.32. The lowest BCUT2D eigenvalue weighted by molar-refractivity contribution is 0.318. The summed E-state index contributed by atoms with van der Waals surface area (Å²) in [7, 11) is 0. The Balaban J connectivity index is 1.26. The van der Waals surface area contributed by atoms with Gasteiger partial charge in [0, 0.05) is 16.7 Å². The predicted molar refractivity (Wildman–Crippen MR) is 134 cm³/mol. The maximum atomic E-state index is 12.9. The summed E-state index contributed by atoms with van der Waals surface area (Å²) in [5, 5.41) is 3.45. The Bertz CT molecular complexity index is 1290. The van der Waals surface area contributed by atoms with Gasteiger partial charge in [-0.25, -0.2) is 4.98 Å². The molecule has 0 bridgehead atoms. The maximum absolute atomic E-state index is 12.9. The van der Waals surface area contributed by atoms with Gasteiger partial charge in [0.1, 0.15) is 10.6 Å². The molecular formula is C26H26N2O2S2. The number of fused-ring (bicyclic) bond motifs is 2. The molecule has 1 aliphatic carbocycles. The number of aromatic nitrogens is 2. The number of thioether (sulfide) groups is 1. The van der Waals surface area contributed by atoms with Crippen LogP contribution in [0.5, 0.6) is 5.75 Å². The van der Waals surface area contributed by atoms with Crippen LogP contribution in [0.4, 0.5) is 0 Å². The van der Waals surface area contributed by atoms with Crippen molar-refractivity contribution in [3.05, 3.63) is 74.9 Å². The van der Waals surface area contributed by atoms with E-state index in [0.717, 1.165) is 40.3 Å². The van der Waals surface area contributed by atoms with Gasteiger partial charge in [0.15, 0.2) is 5.16 Å². The molecule has 0 saturated carbocycles. The molecule has 0 aliphatic heterocycles. The summed E-state index contributed by atoms with van der Waals surface area (Å²) in [6, 6.07) is 14.7. The van der Waals surface area contributed by atoms with E-state index in [4.69, 9.17) is 9.72 Å². The third-order valence-electron chi connectivity index (χ3n) is 5.90. The highest BCUT2D eigenvalue weighted by Gasteiger charge is 2.16. The molecule has 0 saturated heterocycles. The minimum atomic E-state index is -0.0534. The Hall–Kier alpha value is -2.57. The summed E-state index contributed by atoms with van der Waals surface area (Å²) in [6.07, 6.45) is 5.70. The molecular weight excluding hydrogens is 436 g/mol. The molecule has 1 aliphatic rings. The topological polar surface area (TPSA) is 55.0 Å². The van der Waals surface area contributed by atoms with E-state index < -0.39 is 0 Å². The van der Waals surface area contributed by atoms with Gasteiger partial charge in [-0.1, -0.05) is 47.7 Å². The minimum absolute atomic E-state index is 0.0534. The van der Waals surface area contributed by atoms with Gasteiger partial charge in [-0.15, -0.1) is 11.3 Å². The number of aryl methyl sites for hydroxylation is 3. The van der Waals surface area contributed by atoms with E-state index in [1.54, 1.807) is 23.1 Å². The molecule has 164 valence electrons. The average Bonchev–Trinajstić information content (AvgIpc) is 3.24. The van der Waals surface area contributed by atoms with Crippen molar-refractivity contribution in [2.45, 2.75) is 44.2 Å². The van der Waals surface area contributed by atoms with Crippen molar-refractivity contribution < 1.29 is 4.74 Å². The molecule has 5 rings (SSSR count). The number of rotatable bonds is 7. The summed E-state index contributed by atoms with van der Waals surface area (Å²) >= 11 is 3.12. The van der Waals surface area contributed by atoms with Crippen LogP contribution in [0.2, 0.25) is 0 Å². The van der Waals surface area contributed by atoms with Gasteiger partial charge in [-0.2, -0.15) is 0 Å². The first-order chi connectivity index (χ1) is 15.7. The van der Waals surface area contributed by atoms with E-state index in [1.165, 1.54) is 36.0 Å². The van der Waals surface area contributed by atoms with Crippen LogP contribution in [0, 0.1) is 6.92 Å². The molecule has 2 aromatic heterocycles. The quantitative estimate of drug-likeness (QED) is 0.196. The highest BCUT2D eigenvalue weighted by molar-refractivity contribution is 7.99. The van der Waals surface area contributed by atoms with Crippen LogP contribution in [-0.4, -0.2) is 22.3 Å². The Morgan fingerprint density at radius 2 is 1.91 bits per heavy atom. The van der Waals surface area contributed by atoms with Crippen molar-refractivity contribution in [2.75, 3.05) is 12.4 Å². The fourth-order valence-corrected chi connectivity index (χ4v) is 5.95. The predicted octanol–water partition coefficient (Wildman–Crippen LogP) is 6.40. The van der Waals surface area contributed by atoms with Crippen LogP contribution in [0.25, 0.3) is 21.3 Å². The second-order valence-corrected chi connectivity index (χ2v) is 10.2. The first-order valence-electron chi connectivity index (χ1n) is 11.1. The van der Waals surface area contributed by atoms with Gasteiger partial charge in [0.2, 0.25) is 0 Å². The van der Waals surface area contributed by atoms with Crippen LogP contribution < -0.4 is 10.3 Å². The molecule has 0 unspecified atom stereocenters. The number of aromatic amines is 1. The Labute approximate surface area is 196 Å². The largest absolute Gasteiger partial charge is 0.494 e. The zero-order valence-corrected chi connectivity index (χ0v) is 19.8. The van der Waals surface area contributed by atoms with Gasteiger partial charge in [0.05, 0.1) is 12.0 Å². The van der Waals surface area contributed by atoms with Crippen LogP contribution in [0.1, 0.15) is 36.0 Å². The van der Waals surface area contributed by atoms with E-state index in [2.05, 4.69) is 35.5 Å². The summed E-state index contributed by atoms with van der Waals surface area (Å²) < 4.78 is 5.78. The molecule has 1 N–H and O–H groups in total. The molecule has 4 aromatic rings. The Morgan fingerprint density at radius 1 is 1.09 bits per heavy atom. The summed E-state index contributed by atoms with van der Waals surface area (Å²) in [5.41, 5.74) is 6.17. The minimum Gasteiger partial charge on any atom is -0.494 e. The lowest BCUT2D eigenvalue weighted by atomic mass is 9.89.